The molecule has 0 aliphatic carbocycles. The zero-order valence-corrected chi connectivity index (χ0v) is 12.4. The normalized spacial score (nSPS) is 22.2. The SMILES string of the molecule is CC1=C[C@@H](OCP(=O)(O)O)O[C@H]1n1cnc2c(N)ncnc21. The van der Waals surface area contributed by atoms with Gasteiger partial charge in [0.1, 0.15) is 11.8 Å². The Morgan fingerprint density at radius 2 is 2.23 bits per heavy atom. The maximum Gasteiger partial charge on any atom is 0.351 e. The van der Waals surface area contributed by atoms with Crippen LogP contribution in [0.4, 0.5) is 5.82 Å². The van der Waals surface area contributed by atoms with Gasteiger partial charge in [0.15, 0.2) is 30.3 Å². The number of aromatic nitrogens is 4. The third-order valence-corrected chi connectivity index (χ3v) is 3.58. The van der Waals surface area contributed by atoms with Crippen molar-refractivity contribution in [3.05, 3.63) is 24.3 Å². The number of rotatable bonds is 4. The highest BCUT2D eigenvalue weighted by Crippen LogP contribution is 2.37. The standard InChI is InChI=1S/C11H14N5O5P/c1-6-2-7(20-5-22(17,18)19)21-11(6)16-4-15-8-9(12)13-3-14-10(8)16/h2-4,7,11H,5H2,1H3,(H2,12,13,14)(H2,17,18,19)/t7-,11+/m0/s1. The number of nitrogen functional groups attached to an aromatic ring is 1. The summed E-state index contributed by atoms with van der Waals surface area (Å²) in [4.78, 5) is 29.8. The summed E-state index contributed by atoms with van der Waals surface area (Å²) in [6.07, 6.45) is 2.37. The van der Waals surface area contributed by atoms with Crippen molar-refractivity contribution in [2.24, 2.45) is 0 Å². The second-order valence-electron chi connectivity index (χ2n) is 4.81. The van der Waals surface area contributed by atoms with E-state index >= 15 is 0 Å². The van der Waals surface area contributed by atoms with Crippen LogP contribution in [0.25, 0.3) is 11.2 Å². The van der Waals surface area contributed by atoms with Crippen molar-refractivity contribution in [3.8, 4) is 0 Å². The second-order valence-corrected chi connectivity index (χ2v) is 6.40. The molecular weight excluding hydrogens is 313 g/mol. The van der Waals surface area contributed by atoms with Gasteiger partial charge < -0.3 is 25.0 Å². The van der Waals surface area contributed by atoms with Gasteiger partial charge in [0.25, 0.3) is 0 Å². The minimum atomic E-state index is -4.25. The quantitative estimate of drug-likeness (QED) is 0.535. The number of anilines is 1. The summed E-state index contributed by atoms with van der Waals surface area (Å²) in [7, 11) is -4.25. The van der Waals surface area contributed by atoms with E-state index in [9.17, 15) is 4.57 Å². The molecule has 3 rings (SSSR count). The Bertz CT molecular complexity index is 784. The highest BCUT2D eigenvalue weighted by atomic mass is 31.2. The van der Waals surface area contributed by atoms with Crippen LogP contribution in [0.5, 0.6) is 0 Å². The highest BCUT2D eigenvalue weighted by Gasteiger charge is 2.29. The number of ether oxygens (including phenoxy) is 2. The van der Waals surface area contributed by atoms with Gasteiger partial charge in [0.2, 0.25) is 0 Å². The molecule has 0 saturated heterocycles. The molecule has 1 aliphatic heterocycles. The van der Waals surface area contributed by atoms with Crippen LogP contribution in [0.1, 0.15) is 13.2 Å². The molecule has 0 unspecified atom stereocenters. The summed E-state index contributed by atoms with van der Waals surface area (Å²) in [5.41, 5.74) is 7.49. The van der Waals surface area contributed by atoms with Gasteiger partial charge in [-0.25, -0.2) is 15.0 Å². The number of nitrogens with zero attached hydrogens (tertiary/aromatic N) is 4. The summed E-state index contributed by atoms with van der Waals surface area (Å²) >= 11 is 0. The molecular formula is C11H14N5O5P. The fraction of sp³-hybridized carbons (Fsp3) is 0.364. The first-order valence-electron chi connectivity index (χ1n) is 6.28. The van der Waals surface area contributed by atoms with Crippen LogP contribution in [0.15, 0.2) is 24.3 Å². The van der Waals surface area contributed by atoms with Crippen molar-refractivity contribution in [2.75, 3.05) is 12.1 Å². The third kappa shape index (κ3) is 2.87. The van der Waals surface area contributed by atoms with E-state index in [2.05, 4.69) is 15.0 Å². The van der Waals surface area contributed by atoms with E-state index in [1.165, 1.54) is 12.7 Å². The summed E-state index contributed by atoms with van der Waals surface area (Å²) in [5.74, 6) is 0.262. The zero-order valence-electron chi connectivity index (χ0n) is 11.5. The molecule has 0 saturated carbocycles. The lowest BCUT2D eigenvalue weighted by molar-refractivity contribution is -0.127. The van der Waals surface area contributed by atoms with Crippen molar-refractivity contribution in [1.29, 1.82) is 0 Å². The Hall–Kier alpha value is -1.84. The largest absolute Gasteiger partial charge is 0.382 e. The minimum absolute atomic E-state index is 0.262. The lowest BCUT2D eigenvalue weighted by atomic mass is 10.3. The Morgan fingerprint density at radius 3 is 2.95 bits per heavy atom. The number of hydrogen-bond donors (Lipinski definition) is 3. The minimum Gasteiger partial charge on any atom is -0.382 e. The molecule has 0 fully saturated rings. The number of nitrogens with two attached hydrogens (primary N) is 1. The van der Waals surface area contributed by atoms with E-state index in [-0.39, 0.29) is 5.82 Å². The average molecular weight is 327 g/mol. The molecule has 118 valence electrons. The van der Waals surface area contributed by atoms with E-state index in [0.717, 1.165) is 5.57 Å². The van der Waals surface area contributed by atoms with Gasteiger partial charge in [0, 0.05) is 0 Å². The molecule has 4 N–H and O–H groups in total. The van der Waals surface area contributed by atoms with Gasteiger partial charge >= 0.3 is 7.60 Å². The molecule has 10 nitrogen and oxygen atoms in total. The van der Waals surface area contributed by atoms with E-state index in [4.69, 9.17) is 25.0 Å². The Kier molecular flexibility index (Phi) is 3.71. The molecule has 2 atom stereocenters. The van der Waals surface area contributed by atoms with E-state index in [1.54, 1.807) is 10.6 Å². The van der Waals surface area contributed by atoms with E-state index < -0.39 is 26.5 Å². The third-order valence-electron chi connectivity index (χ3n) is 3.10. The van der Waals surface area contributed by atoms with Gasteiger partial charge in [-0.15, -0.1) is 0 Å². The molecule has 2 aromatic heterocycles. The summed E-state index contributed by atoms with van der Waals surface area (Å²) in [5, 5.41) is 0. The number of hydrogen-bond acceptors (Lipinski definition) is 7. The van der Waals surface area contributed by atoms with Gasteiger partial charge in [-0.05, 0) is 18.6 Å². The molecule has 0 radical (unpaired) electrons. The van der Waals surface area contributed by atoms with Crippen LogP contribution in [0.2, 0.25) is 0 Å². The number of imidazole rings is 1. The molecule has 3 heterocycles. The summed E-state index contributed by atoms with van der Waals surface area (Å²) < 4.78 is 23.2. The van der Waals surface area contributed by atoms with Crippen LogP contribution in [-0.2, 0) is 14.0 Å². The Labute approximate surface area is 124 Å². The van der Waals surface area contributed by atoms with Crippen molar-refractivity contribution in [1.82, 2.24) is 19.5 Å². The first-order chi connectivity index (χ1) is 10.3. The Morgan fingerprint density at radius 1 is 1.45 bits per heavy atom. The van der Waals surface area contributed by atoms with E-state index in [0.29, 0.717) is 11.2 Å². The van der Waals surface area contributed by atoms with Crippen LogP contribution in [0.3, 0.4) is 0 Å². The fourth-order valence-corrected chi connectivity index (χ4v) is 2.50. The molecule has 11 heteroatoms. The van der Waals surface area contributed by atoms with Crippen LogP contribution in [-0.4, -0.2) is 41.9 Å². The molecule has 0 bridgehead atoms. The molecule has 1 aliphatic rings. The van der Waals surface area contributed by atoms with Crippen molar-refractivity contribution < 1.29 is 23.8 Å². The monoisotopic (exact) mass is 327 g/mol. The Balaban J connectivity index is 1.82. The number of fused-ring (bicyclic) bond motifs is 1. The molecule has 2 aromatic rings. The topological polar surface area (TPSA) is 146 Å². The molecule has 0 amide bonds. The predicted molar refractivity (Wildman–Crippen MR) is 75.4 cm³/mol. The first-order valence-corrected chi connectivity index (χ1v) is 8.08. The maximum absolute atomic E-state index is 10.8. The van der Waals surface area contributed by atoms with E-state index in [1.807, 2.05) is 6.92 Å². The molecule has 0 spiro atoms. The fourth-order valence-electron chi connectivity index (χ4n) is 2.16. The van der Waals surface area contributed by atoms with Crippen LogP contribution < -0.4 is 5.73 Å². The average Bonchev–Trinajstić information content (AvgIpc) is 3.00. The smallest absolute Gasteiger partial charge is 0.351 e. The zero-order chi connectivity index (χ0) is 15.9. The van der Waals surface area contributed by atoms with Crippen molar-refractivity contribution in [3.63, 3.8) is 0 Å². The molecule has 22 heavy (non-hydrogen) atoms. The van der Waals surface area contributed by atoms with Crippen molar-refractivity contribution in [2.45, 2.75) is 19.4 Å². The summed E-state index contributed by atoms with van der Waals surface area (Å²) in [6.45, 7) is 1.81. The summed E-state index contributed by atoms with van der Waals surface area (Å²) in [6, 6.07) is 0. The van der Waals surface area contributed by atoms with Gasteiger partial charge in [0.05, 0.1) is 6.33 Å². The first kappa shape index (κ1) is 15.1. The predicted octanol–water partition coefficient (Wildman–Crippen LogP) is 0.362. The lowest BCUT2D eigenvalue weighted by Gasteiger charge is -2.17. The van der Waals surface area contributed by atoms with Crippen LogP contribution in [0, 0.1) is 0 Å². The van der Waals surface area contributed by atoms with Gasteiger partial charge in [-0.3, -0.25) is 9.13 Å². The lowest BCUT2D eigenvalue weighted by Crippen LogP contribution is -2.16. The van der Waals surface area contributed by atoms with Crippen LogP contribution >= 0.6 is 7.60 Å². The second kappa shape index (κ2) is 5.41. The van der Waals surface area contributed by atoms with Gasteiger partial charge in [-0.2, -0.15) is 0 Å². The molecule has 0 aromatic carbocycles. The van der Waals surface area contributed by atoms with Crippen molar-refractivity contribution >= 4 is 24.6 Å². The highest BCUT2D eigenvalue weighted by molar-refractivity contribution is 7.51. The van der Waals surface area contributed by atoms with Gasteiger partial charge in [-0.1, -0.05) is 0 Å². The maximum atomic E-state index is 10.8.